The van der Waals surface area contributed by atoms with E-state index < -0.39 is 0 Å². The van der Waals surface area contributed by atoms with Crippen molar-refractivity contribution in [3.8, 4) is 0 Å². The number of fused-ring (bicyclic) bond motifs is 1. The zero-order valence-corrected chi connectivity index (χ0v) is 15.8. The summed E-state index contributed by atoms with van der Waals surface area (Å²) in [6, 6.07) is 0. The molecule has 7 heteroatoms. The van der Waals surface area contributed by atoms with Crippen molar-refractivity contribution >= 4 is 33.3 Å². The van der Waals surface area contributed by atoms with Crippen molar-refractivity contribution in [1.82, 2.24) is 9.97 Å². The van der Waals surface area contributed by atoms with Gasteiger partial charge < -0.3 is 15.0 Å². The molecule has 0 unspecified atom stereocenters. The molecule has 0 aromatic carbocycles. The van der Waals surface area contributed by atoms with E-state index in [9.17, 15) is 4.79 Å². The Kier molecular flexibility index (Phi) is 6.93. The average Bonchev–Trinajstić information content (AvgIpc) is 2.93. The van der Waals surface area contributed by atoms with E-state index in [1.54, 1.807) is 11.2 Å². The van der Waals surface area contributed by atoms with Crippen molar-refractivity contribution in [2.24, 2.45) is 0 Å². The number of nitrogens with zero attached hydrogens (tertiary/aromatic N) is 2. The smallest absolute Gasteiger partial charge is 0.348 e. The summed E-state index contributed by atoms with van der Waals surface area (Å²) in [5.74, 6) is 0.521. The average molecular weight is 351 g/mol. The van der Waals surface area contributed by atoms with Crippen LogP contribution < -0.4 is 10.2 Å². The number of thiophene rings is 1. The fourth-order valence-corrected chi connectivity index (χ4v) is 3.79. The first-order valence-electron chi connectivity index (χ1n) is 8.60. The van der Waals surface area contributed by atoms with Gasteiger partial charge in [0.05, 0.1) is 31.6 Å². The molecular weight excluding hydrogens is 324 g/mol. The van der Waals surface area contributed by atoms with E-state index in [1.807, 2.05) is 13.8 Å². The lowest BCUT2D eigenvalue weighted by molar-refractivity contribution is -0.896. The van der Waals surface area contributed by atoms with Crippen molar-refractivity contribution in [1.29, 1.82) is 0 Å². The molecule has 2 aromatic rings. The predicted molar refractivity (Wildman–Crippen MR) is 98.1 cm³/mol. The molecule has 0 amide bonds. The highest BCUT2D eigenvalue weighted by atomic mass is 32.1. The predicted octanol–water partition coefficient (Wildman–Crippen LogP) is 1.90. The minimum Gasteiger partial charge on any atom is -0.462 e. The highest BCUT2D eigenvalue weighted by Crippen LogP contribution is 2.33. The van der Waals surface area contributed by atoms with Gasteiger partial charge in [-0.3, -0.25) is 0 Å². The van der Waals surface area contributed by atoms with E-state index in [2.05, 4.69) is 29.1 Å². The van der Waals surface area contributed by atoms with E-state index in [-0.39, 0.29) is 5.97 Å². The van der Waals surface area contributed by atoms with Gasteiger partial charge in [-0.25, -0.2) is 14.8 Å². The molecular formula is C17H27N4O2S+. The molecule has 6 nitrogen and oxygen atoms in total. The molecule has 2 N–H and O–H groups in total. The molecule has 0 aliphatic heterocycles. The topological polar surface area (TPSA) is 68.5 Å². The summed E-state index contributed by atoms with van der Waals surface area (Å²) in [6.45, 7) is 12.9. The van der Waals surface area contributed by atoms with Gasteiger partial charge in [-0.05, 0) is 33.3 Å². The maximum absolute atomic E-state index is 12.1. The molecule has 0 radical (unpaired) electrons. The zero-order valence-electron chi connectivity index (χ0n) is 14.9. The zero-order chi connectivity index (χ0) is 17.5. The number of aryl methyl sites for hydroxylation is 1. The summed E-state index contributed by atoms with van der Waals surface area (Å²) in [6.07, 6.45) is 2.63. The summed E-state index contributed by atoms with van der Waals surface area (Å²) < 4.78 is 5.13. The number of carbonyl (C=O) groups excluding carboxylic acids is 1. The molecule has 0 fully saturated rings. The van der Waals surface area contributed by atoms with E-state index >= 15 is 0 Å². The minimum absolute atomic E-state index is 0.283. The van der Waals surface area contributed by atoms with Crippen LogP contribution in [0.1, 0.15) is 42.4 Å². The van der Waals surface area contributed by atoms with Crippen LogP contribution in [0.5, 0.6) is 0 Å². The lowest BCUT2D eigenvalue weighted by atomic mass is 10.2. The first kappa shape index (κ1) is 18.6. The largest absolute Gasteiger partial charge is 0.462 e. The number of ether oxygens (including phenoxy) is 1. The highest BCUT2D eigenvalue weighted by Gasteiger charge is 2.20. The second kappa shape index (κ2) is 8.94. The fraction of sp³-hybridized carbons (Fsp3) is 0.588. The SMILES string of the molecule is CCOC(=O)c1sc2ncnc(NCCC[NH+](CC)CC)c2c1C. The number of aromatic nitrogens is 2. The summed E-state index contributed by atoms with van der Waals surface area (Å²) in [5, 5.41) is 4.34. The molecule has 2 rings (SSSR count). The van der Waals surface area contributed by atoms with Crippen molar-refractivity contribution in [2.75, 3.05) is 38.1 Å². The Morgan fingerprint density at radius 1 is 1.29 bits per heavy atom. The first-order valence-corrected chi connectivity index (χ1v) is 9.42. The lowest BCUT2D eigenvalue weighted by Gasteiger charge is -2.15. The second-order valence-electron chi connectivity index (χ2n) is 5.67. The maximum Gasteiger partial charge on any atom is 0.348 e. The number of rotatable bonds is 9. The number of nitrogens with one attached hydrogen (secondary N) is 2. The van der Waals surface area contributed by atoms with Crippen LogP contribution in [0.3, 0.4) is 0 Å². The lowest BCUT2D eigenvalue weighted by Crippen LogP contribution is -3.11. The number of hydrogen-bond donors (Lipinski definition) is 2. The van der Waals surface area contributed by atoms with E-state index in [0.29, 0.717) is 11.5 Å². The van der Waals surface area contributed by atoms with E-state index in [4.69, 9.17) is 4.74 Å². The van der Waals surface area contributed by atoms with E-state index in [1.165, 1.54) is 11.3 Å². The number of anilines is 1. The molecule has 2 heterocycles. The van der Waals surface area contributed by atoms with Gasteiger partial charge >= 0.3 is 5.97 Å². The minimum atomic E-state index is -0.283. The van der Waals surface area contributed by atoms with Crippen molar-refractivity contribution in [2.45, 2.75) is 34.1 Å². The van der Waals surface area contributed by atoms with Gasteiger partial charge in [0.1, 0.15) is 21.9 Å². The molecule has 0 aliphatic rings. The Morgan fingerprint density at radius 2 is 2.04 bits per heavy atom. The summed E-state index contributed by atoms with van der Waals surface area (Å²) in [4.78, 5) is 23.8. The standard InChI is InChI=1S/C17H26N4O2S/c1-5-21(6-2)10-8-9-18-15-13-12(4)14(17(22)23-7-3)24-16(13)20-11-19-15/h11H,5-10H2,1-4H3,(H,18,19,20)/p+1. The van der Waals surface area contributed by atoms with Gasteiger partial charge in [0.2, 0.25) is 0 Å². The molecule has 0 atom stereocenters. The van der Waals surface area contributed by atoms with Gasteiger partial charge in [0.25, 0.3) is 0 Å². The van der Waals surface area contributed by atoms with Gasteiger partial charge in [0.15, 0.2) is 0 Å². The van der Waals surface area contributed by atoms with Crippen LogP contribution in [0.4, 0.5) is 5.82 Å². The second-order valence-corrected chi connectivity index (χ2v) is 6.67. The number of esters is 1. The van der Waals surface area contributed by atoms with Gasteiger partial charge in [-0.15, -0.1) is 11.3 Å². The quantitative estimate of drug-likeness (QED) is 0.533. The molecule has 0 bridgehead atoms. The third kappa shape index (κ3) is 4.21. The Balaban J connectivity index is 2.12. The Bertz CT molecular complexity index is 683. The van der Waals surface area contributed by atoms with Gasteiger partial charge in [-0.2, -0.15) is 0 Å². The van der Waals surface area contributed by atoms with Crippen LogP contribution in [0.2, 0.25) is 0 Å². The number of hydrogen-bond acceptors (Lipinski definition) is 6. The van der Waals surface area contributed by atoms with Gasteiger partial charge in [-0.1, -0.05) is 0 Å². The maximum atomic E-state index is 12.1. The number of quaternary nitrogens is 1. The highest BCUT2D eigenvalue weighted by molar-refractivity contribution is 7.20. The van der Waals surface area contributed by atoms with Crippen LogP contribution in [0.25, 0.3) is 10.2 Å². The molecule has 0 spiro atoms. The normalized spacial score (nSPS) is 11.2. The molecule has 0 saturated heterocycles. The van der Waals surface area contributed by atoms with Crippen LogP contribution >= 0.6 is 11.3 Å². The van der Waals surface area contributed by atoms with Crippen LogP contribution in [-0.2, 0) is 4.74 Å². The van der Waals surface area contributed by atoms with Crippen molar-refractivity contribution in [3.63, 3.8) is 0 Å². The van der Waals surface area contributed by atoms with Gasteiger partial charge in [0, 0.05) is 13.0 Å². The Morgan fingerprint density at radius 3 is 2.71 bits per heavy atom. The van der Waals surface area contributed by atoms with E-state index in [0.717, 1.165) is 54.2 Å². The van der Waals surface area contributed by atoms with Crippen molar-refractivity contribution in [3.05, 3.63) is 16.8 Å². The molecule has 0 aliphatic carbocycles. The molecule has 132 valence electrons. The summed E-state index contributed by atoms with van der Waals surface area (Å²) >= 11 is 1.37. The summed E-state index contributed by atoms with van der Waals surface area (Å²) in [5.41, 5.74) is 0.894. The van der Waals surface area contributed by atoms with Crippen LogP contribution in [0.15, 0.2) is 6.33 Å². The number of carbonyl (C=O) groups is 1. The fourth-order valence-electron chi connectivity index (χ4n) is 2.75. The third-order valence-corrected chi connectivity index (χ3v) is 5.37. The molecule has 24 heavy (non-hydrogen) atoms. The Hall–Kier alpha value is -1.73. The third-order valence-electron chi connectivity index (χ3n) is 4.19. The van der Waals surface area contributed by atoms with Crippen LogP contribution in [0, 0.1) is 6.92 Å². The van der Waals surface area contributed by atoms with Crippen LogP contribution in [-0.4, -0.2) is 48.7 Å². The molecule has 2 aromatic heterocycles. The first-order chi connectivity index (χ1) is 11.6. The van der Waals surface area contributed by atoms with Crippen molar-refractivity contribution < 1.29 is 14.4 Å². The Labute approximate surface area is 147 Å². The summed E-state index contributed by atoms with van der Waals surface area (Å²) in [7, 11) is 0. The monoisotopic (exact) mass is 351 g/mol. The molecule has 0 saturated carbocycles.